The van der Waals surface area contributed by atoms with E-state index in [0.717, 1.165) is 22.5 Å². The molecule has 0 saturated carbocycles. The van der Waals surface area contributed by atoms with Crippen molar-refractivity contribution >= 4 is 56.5 Å². The van der Waals surface area contributed by atoms with Crippen LogP contribution < -0.4 is 15.4 Å². The second-order valence-corrected chi connectivity index (χ2v) is 8.91. The third kappa shape index (κ3) is 7.05. The van der Waals surface area contributed by atoms with Crippen molar-refractivity contribution in [3.8, 4) is 0 Å². The number of aryl methyl sites for hydroxylation is 1. The maximum atomic E-state index is 13.6. The number of nitrogens with one attached hydrogen (secondary N) is 4. The van der Waals surface area contributed by atoms with Gasteiger partial charge in [0.15, 0.2) is 5.96 Å². The van der Waals surface area contributed by atoms with Crippen LogP contribution in [0.15, 0.2) is 47.6 Å². The average Bonchev–Trinajstić information content (AvgIpc) is 3.11. The number of hydrogen-bond acceptors (Lipinski definition) is 3. The third-order valence-electron chi connectivity index (χ3n) is 4.75. The topological polar surface area (TPSA) is 98.4 Å². The summed E-state index contributed by atoms with van der Waals surface area (Å²) in [6, 6.07) is 8.80. The fourth-order valence-corrected chi connectivity index (χ4v) is 4.05. The van der Waals surface area contributed by atoms with Crippen LogP contribution in [-0.4, -0.2) is 45.3 Å². The highest BCUT2D eigenvalue weighted by molar-refractivity contribution is 14.0. The van der Waals surface area contributed by atoms with Crippen LogP contribution in [-0.2, 0) is 16.4 Å². The van der Waals surface area contributed by atoms with Crippen molar-refractivity contribution in [2.75, 3.05) is 30.6 Å². The minimum Gasteiger partial charge on any atom is -0.361 e. The summed E-state index contributed by atoms with van der Waals surface area (Å²) < 4.78 is 53.7. The zero-order chi connectivity index (χ0) is 22.4. The summed E-state index contributed by atoms with van der Waals surface area (Å²) in [5.74, 6) is -0.511. The number of halogens is 3. The SMILES string of the molecule is CN=C(NCCc1c[nH]c2cc(F)ccc12)NCCS(=O)(=O)Nc1ccc(C)c(F)c1.I. The van der Waals surface area contributed by atoms with Crippen molar-refractivity contribution in [3.63, 3.8) is 0 Å². The molecule has 0 spiro atoms. The van der Waals surface area contributed by atoms with Gasteiger partial charge in [-0.2, -0.15) is 0 Å². The van der Waals surface area contributed by atoms with Crippen LogP contribution in [0.5, 0.6) is 0 Å². The van der Waals surface area contributed by atoms with Crippen molar-refractivity contribution < 1.29 is 17.2 Å². The molecule has 0 unspecified atom stereocenters. The summed E-state index contributed by atoms with van der Waals surface area (Å²) in [4.78, 5) is 7.13. The highest BCUT2D eigenvalue weighted by Gasteiger charge is 2.12. The molecule has 0 amide bonds. The third-order valence-corrected chi connectivity index (χ3v) is 6.04. The van der Waals surface area contributed by atoms with Crippen LogP contribution >= 0.6 is 24.0 Å². The van der Waals surface area contributed by atoms with E-state index in [0.29, 0.717) is 24.5 Å². The zero-order valence-corrected chi connectivity index (χ0v) is 20.9. The molecule has 0 radical (unpaired) electrons. The molecular weight excluding hydrogens is 551 g/mol. The first kappa shape index (κ1) is 25.8. The second kappa shape index (κ2) is 11.5. The van der Waals surface area contributed by atoms with Crippen LogP contribution in [0.4, 0.5) is 14.5 Å². The van der Waals surface area contributed by atoms with E-state index in [1.807, 2.05) is 6.20 Å². The molecule has 0 aliphatic heterocycles. The van der Waals surface area contributed by atoms with E-state index < -0.39 is 15.8 Å². The minimum absolute atomic E-state index is 0. The Morgan fingerprint density at radius 1 is 1.09 bits per heavy atom. The van der Waals surface area contributed by atoms with Gasteiger partial charge in [-0.3, -0.25) is 9.71 Å². The van der Waals surface area contributed by atoms with Gasteiger partial charge in [0.2, 0.25) is 10.0 Å². The Kier molecular flexibility index (Phi) is 9.25. The first-order valence-electron chi connectivity index (χ1n) is 9.74. The van der Waals surface area contributed by atoms with Gasteiger partial charge < -0.3 is 15.6 Å². The molecule has 0 saturated heterocycles. The Morgan fingerprint density at radius 2 is 1.84 bits per heavy atom. The van der Waals surface area contributed by atoms with Gasteiger partial charge in [-0.25, -0.2) is 17.2 Å². The van der Waals surface area contributed by atoms with Gasteiger partial charge in [0.05, 0.1) is 11.4 Å². The Bertz CT molecular complexity index is 1200. The molecule has 32 heavy (non-hydrogen) atoms. The number of benzene rings is 2. The molecule has 0 aliphatic rings. The number of nitrogens with zero attached hydrogens (tertiary/aromatic N) is 1. The number of rotatable bonds is 8. The van der Waals surface area contributed by atoms with Crippen LogP contribution in [0.25, 0.3) is 10.9 Å². The van der Waals surface area contributed by atoms with Crippen molar-refractivity contribution in [1.29, 1.82) is 0 Å². The predicted octanol–water partition coefficient (Wildman–Crippen LogP) is 3.52. The number of sulfonamides is 1. The monoisotopic (exact) mass is 577 g/mol. The van der Waals surface area contributed by atoms with Crippen LogP contribution in [0.1, 0.15) is 11.1 Å². The molecule has 0 aliphatic carbocycles. The molecule has 0 atom stereocenters. The van der Waals surface area contributed by atoms with Crippen molar-refractivity contribution in [3.05, 3.63) is 65.4 Å². The lowest BCUT2D eigenvalue weighted by Gasteiger charge is -2.13. The lowest BCUT2D eigenvalue weighted by atomic mass is 10.1. The molecule has 3 rings (SSSR count). The summed E-state index contributed by atoms with van der Waals surface area (Å²) >= 11 is 0. The van der Waals surface area contributed by atoms with E-state index in [-0.39, 0.29) is 47.8 Å². The lowest BCUT2D eigenvalue weighted by molar-refractivity contribution is 0.599. The number of aromatic nitrogens is 1. The number of aromatic amines is 1. The van der Waals surface area contributed by atoms with Gasteiger partial charge in [-0.1, -0.05) is 6.07 Å². The summed E-state index contributed by atoms with van der Waals surface area (Å²) in [5.41, 5.74) is 2.40. The number of fused-ring (bicyclic) bond motifs is 1. The number of aliphatic imine (C=N–C) groups is 1. The first-order valence-corrected chi connectivity index (χ1v) is 11.4. The number of guanidine groups is 1. The van der Waals surface area contributed by atoms with Gasteiger partial charge in [0.1, 0.15) is 11.6 Å². The van der Waals surface area contributed by atoms with Gasteiger partial charge in [0.25, 0.3) is 0 Å². The molecule has 1 heterocycles. The second-order valence-electron chi connectivity index (χ2n) is 7.06. The van der Waals surface area contributed by atoms with Crippen LogP contribution in [0.2, 0.25) is 0 Å². The molecule has 0 fully saturated rings. The fraction of sp³-hybridized carbons (Fsp3) is 0.286. The molecule has 3 aromatic rings. The molecule has 174 valence electrons. The van der Waals surface area contributed by atoms with Gasteiger partial charge >= 0.3 is 0 Å². The summed E-state index contributed by atoms with van der Waals surface area (Å²) in [6.07, 6.45) is 2.51. The zero-order valence-electron chi connectivity index (χ0n) is 17.7. The molecule has 7 nitrogen and oxygen atoms in total. The average molecular weight is 577 g/mol. The van der Waals surface area contributed by atoms with E-state index in [2.05, 4.69) is 25.3 Å². The Hall–Kier alpha value is -2.41. The predicted molar refractivity (Wildman–Crippen MR) is 135 cm³/mol. The van der Waals surface area contributed by atoms with Gasteiger partial charge in [-0.05, 0) is 54.8 Å². The quantitative estimate of drug-likeness (QED) is 0.187. The Labute approximate surface area is 203 Å². The molecule has 4 N–H and O–H groups in total. The Balaban J connectivity index is 0.00000363. The fourth-order valence-electron chi connectivity index (χ4n) is 3.09. The molecular formula is C21H26F2IN5O2S. The Morgan fingerprint density at radius 3 is 2.56 bits per heavy atom. The van der Waals surface area contributed by atoms with Crippen LogP contribution in [0.3, 0.4) is 0 Å². The standard InChI is InChI=1S/C21H25F2N5O2S.HI/c1-14-3-5-17(12-19(14)23)28-31(29,30)10-9-26-21(24-2)25-8-7-15-13-27-20-11-16(22)4-6-18(15)20;/h3-6,11-13,27-28H,7-10H2,1-2H3,(H2,24,25,26);1H. The maximum Gasteiger partial charge on any atom is 0.234 e. The highest BCUT2D eigenvalue weighted by atomic mass is 127. The lowest BCUT2D eigenvalue weighted by Crippen LogP contribution is -2.40. The summed E-state index contributed by atoms with van der Waals surface area (Å²) in [6.45, 7) is 2.28. The molecule has 2 aromatic carbocycles. The van der Waals surface area contributed by atoms with Crippen molar-refractivity contribution in [2.45, 2.75) is 13.3 Å². The number of hydrogen-bond donors (Lipinski definition) is 4. The highest BCUT2D eigenvalue weighted by Crippen LogP contribution is 2.19. The maximum absolute atomic E-state index is 13.6. The van der Waals surface area contributed by atoms with Crippen molar-refractivity contribution in [2.24, 2.45) is 4.99 Å². The molecule has 0 bridgehead atoms. The molecule has 11 heteroatoms. The number of anilines is 1. The normalized spacial score (nSPS) is 11.8. The minimum atomic E-state index is -3.65. The van der Waals surface area contributed by atoms with E-state index in [4.69, 9.17) is 0 Å². The smallest absolute Gasteiger partial charge is 0.234 e. The number of H-pyrrole nitrogens is 1. The van der Waals surface area contributed by atoms with Gasteiger partial charge in [-0.15, -0.1) is 24.0 Å². The molecule has 1 aromatic heterocycles. The van der Waals surface area contributed by atoms with E-state index in [1.165, 1.54) is 24.3 Å². The van der Waals surface area contributed by atoms with E-state index in [9.17, 15) is 17.2 Å². The van der Waals surface area contributed by atoms with Crippen molar-refractivity contribution in [1.82, 2.24) is 15.6 Å². The largest absolute Gasteiger partial charge is 0.361 e. The van der Waals surface area contributed by atoms with Gasteiger partial charge in [0, 0.05) is 37.2 Å². The summed E-state index contributed by atoms with van der Waals surface area (Å²) in [7, 11) is -2.06. The first-order chi connectivity index (χ1) is 14.8. The van der Waals surface area contributed by atoms with E-state index >= 15 is 0 Å². The van der Waals surface area contributed by atoms with E-state index in [1.54, 1.807) is 20.0 Å². The summed E-state index contributed by atoms with van der Waals surface area (Å²) in [5, 5.41) is 7.02. The van der Waals surface area contributed by atoms with Crippen LogP contribution in [0, 0.1) is 18.6 Å².